The van der Waals surface area contributed by atoms with E-state index in [1.807, 2.05) is 6.07 Å². The molecule has 0 radical (unpaired) electrons. The van der Waals surface area contributed by atoms with Crippen molar-refractivity contribution in [3.63, 3.8) is 0 Å². The normalized spacial score (nSPS) is 25.2. The standard InChI is InChI=1S/C21H34BNO4/c1-15(2)23-10-11-24-18(13-23)14-25-17-8-9-19(16(3)12-17)22-26-20(4,5)21(6,7)27-22/h8-9,12,15,18H,10-11,13-14H2,1-7H3. The van der Waals surface area contributed by atoms with Crippen LogP contribution in [0.3, 0.4) is 0 Å². The SMILES string of the molecule is Cc1cc(OCC2CN(C(C)C)CCO2)ccc1B1OC(C)(C)C(C)(C)O1. The van der Waals surface area contributed by atoms with E-state index in [4.69, 9.17) is 18.8 Å². The highest BCUT2D eigenvalue weighted by Crippen LogP contribution is 2.36. The fraction of sp³-hybridized carbons (Fsp3) is 0.714. The zero-order valence-corrected chi connectivity index (χ0v) is 17.9. The van der Waals surface area contributed by atoms with E-state index in [0.717, 1.165) is 36.5 Å². The van der Waals surface area contributed by atoms with Gasteiger partial charge in [-0.25, -0.2) is 0 Å². The minimum atomic E-state index is -0.342. The molecule has 0 saturated carbocycles. The van der Waals surface area contributed by atoms with Gasteiger partial charge in [0.25, 0.3) is 0 Å². The van der Waals surface area contributed by atoms with Gasteiger partial charge in [0.1, 0.15) is 18.5 Å². The molecule has 0 aromatic heterocycles. The highest BCUT2D eigenvalue weighted by Gasteiger charge is 2.52. The van der Waals surface area contributed by atoms with Crippen molar-refractivity contribution >= 4 is 12.6 Å². The van der Waals surface area contributed by atoms with Gasteiger partial charge in [-0.2, -0.15) is 0 Å². The quantitative estimate of drug-likeness (QED) is 0.741. The van der Waals surface area contributed by atoms with Gasteiger partial charge in [0.15, 0.2) is 0 Å². The molecular formula is C21H34BNO4. The van der Waals surface area contributed by atoms with Crippen molar-refractivity contribution in [1.29, 1.82) is 0 Å². The number of hydrogen-bond donors (Lipinski definition) is 0. The van der Waals surface area contributed by atoms with Gasteiger partial charge in [-0.1, -0.05) is 6.07 Å². The monoisotopic (exact) mass is 375 g/mol. The lowest BCUT2D eigenvalue weighted by atomic mass is 9.76. The van der Waals surface area contributed by atoms with E-state index >= 15 is 0 Å². The molecule has 0 N–H and O–H groups in total. The van der Waals surface area contributed by atoms with E-state index in [9.17, 15) is 0 Å². The van der Waals surface area contributed by atoms with E-state index in [1.54, 1.807) is 0 Å². The van der Waals surface area contributed by atoms with Crippen molar-refractivity contribution in [1.82, 2.24) is 4.90 Å². The minimum Gasteiger partial charge on any atom is -0.491 e. The summed E-state index contributed by atoms with van der Waals surface area (Å²) in [4.78, 5) is 2.43. The second-order valence-electron chi connectivity index (χ2n) is 9.00. The summed E-state index contributed by atoms with van der Waals surface area (Å²) in [5.74, 6) is 0.859. The smallest absolute Gasteiger partial charge is 0.491 e. The third-order valence-corrected chi connectivity index (χ3v) is 6.08. The summed E-state index contributed by atoms with van der Waals surface area (Å²) < 4.78 is 24.2. The predicted molar refractivity (Wildman–Crippen MR) is 109 cm³/mol. The van der Waals surface area contributed by atoms with Gasteiger partial charge >= 0.3 is 7.12 Å². The van der Waals surface area contributed by atoms with Crippen LogP contribution in [0.5, 0.6) is 5.75 Å². The van der Waals surface area contributed by atoms with Crippen LogP contribution in [0, 0.1) is 6.92 Å². The lowest BCUT2D eigenvalue weighted by molar-refractivity contribution is -0.0564. The van der Waals surface area contributed by atoms with Crippen LogP contribution in [0.1, 0.15) is 47.1 Å². The Morgan fingerprint density at radius 3 is 2.44 bits per heavy atom. The van der Waals surface area contributed by atoms with Gasteiger partial charge in [0, 0.05) is 19.1 Å². The summed E-state index contributed by atoms with van der Waals surface area (Å²) in [6.45, 7) is 18.1. The fourth-order valence-electron chi connectivity index (χ4n) is 3.47. The molecule has 150 valence electrons. The number of aryl methyl sites for hydroxylation is 1. The summed E-state index contributed by atoms with van der Waals surface area (Å²) in [6.07, 6.45) is 0.115. The summed E-state index contributed by atoms with van der Waals surface area (Å²) in [6, 6.07) is 6.65. The number of morpholine rings is 1. The Bertz CT molecular complexity index is 646. The lowest BCUT2D eigenvalue weighted by Gasteiger charge is -2.35. The Hall–Kier alpha value is -1.08. The number of hydrogen-bond acceptors (Lipinski definition) is 5. The molecule has 27 heavy (non-hydrogen) atoms. The van der Waals surface area contributed by atoms with Crippen LogP contribution in [0.25, 0.3) is 0 Å². The molecule has 0 amide bonds. The van der Waals surface area contributed by atoms with Gasteiger partial charge in [-0.3, -0.25) is 4.90 Å². The maximum atomic E-state index is 6.17. The van der Waals surface area contributed by atoms with E-state index in [2.05, 4.69) is 65.5 Å². The fourth-order valence-corrected chi connectivity index (χ4v) is 3.47. The molecule has 3 rings (SSSR count). The molecule has 1 atom stereocenters. The molecule has 0 spiro atoms. The van der Waals surface area contributed by atoms with Crippen molar-refractivity contribution in [3.8, 4) is 5.75 Å². The third-order valence-electron chi connectivity index (χ3n) is 6.08. The van der Waals surface area contributed by atoms with Crippen LogP contribution < -0.4 is 10.2 Å². The maximum Gasteiger partial charge on any atom is 0.495 e. The number of rotatable bonds is 5. The Labute approximate surface area is 164 Å². The summed E-state index contributed by atoms with van der Waals surface area (Å²) in [5.41, 5.74) is 1.50. The summed E-state index contributed by atoms with van der Waals surface area (Å²) in [5, 5.41) is 0. The van der Waals surface area contributed by atoms with Crippen molar-refractivity contribution in [3.05, 3.63) is 23.8 Å². The Morgan fingerprint density at radius 2 is 1.85 bits per heavy atom. The molecule has 1 aromatic carbocycles. The van der Waals surface area contributed by atoms with Crippen LogP contribution in [0.15, 0.2) is 18.2 Å². The zero-order valence-electron chi connectivity index (χ0n) is 17.9. The number of benzene rings is 1. The van der Waals surface area contributed by atoms with Gasteiger partial charge in [0.05, 0.1) is 17.8 Å². The van der Waals surface area contributed by atoms with Crippen molar-refractivity contribution in [2.45, 2.75) is 71.8 Å². The van der Waals surface area contributed by atoms with Gasteiger partial charge in [0.2, 0.25) is 0 Å². The Kier molecular flexibility index (Phi) is 5.92. The zero-order chi connectivity index (χ0) is 19.8. The first-order chi connectivity index (χ1) is 12.6. The Morgan fingerprint density at radius 1 is 1.19 bits per heavy atom. The van der Waals surface area contributed by atoms with Crippen molar-refractivity contribution < 1.29 is 18.8 Å². The highest BCUT2D eigenvalue weighted by atomic mass is 16.7. The molecule has 2 heterocycles. The second kappa shape index (κ2) is 7.74. The van der Waals surface area contributed by atoms with E-state index in [0.29, 0.717) is 12.6 Å². The number of nitrogens with zero attached hydrogens (tertiary/aromatic N) is 1. The molecule has 2 fully saturated rings. The maximum absolute atomic E-state index is 6.17. The van der Waals surface area contributed by atoms with Crippen LogP contribution in [-0.2, 0) is 14.0 Å². The van der Waals surface area contributed by atoms with Crippen LogP contribution in [-0.4, -0.2) is 61.7 Å². The largest absolute Gasteiger partial charge is 0.495 e. The number of ether oxygens (including phenoxy) is 2. The first kappa shape index (κ1) is 20.7. The van der Waals surface area contributed by atoms with Gasteiger partial charge in [-0.05, 0) is 71.6 Å². The van der Waals surface area contributed by atoms with E-state index in [-0.39, 0.29) is 24.4 Å². The molecule has 0 aliphatic carbocycles. The molecule has 1 unspecified atom stereocenters. The van der Waals surface area contributed by atoms with E-state index in [1.165, 1.54) is 0 Å². The van der Waals surface area contributed by atoms with Crippen molar-refractivity contribution in [2.75, 3.05) is 26.3 Å². The molecule has 2 saturated heterocycles. The summed E-state index contributed by atoms with van der Waals surface area (Å²) >= 11 is 0. The molecule has 2 aliphatic rings. The molecule has 0 bridgehead atoms. The van der Waals surface area contributed by atoms with Crippen molar-refractivity contribution in [2.24, 2.45) is 0 Å². The summed E-state index contributed by atoms with van der Waals surface area (Å²) in [7, 11) is -0.342. The molecule has 6 heteroatoms. The van der Waals surface area contributed by atoms with Crippen LogP contribution in [0.2, 0.25) is 0 Å². The van der Waals surface area contributed by atoms with Gasteiger partial charge < -0.3 is 18.8 Å². The van der Waals surface area contributed by atoms with Gasteiger partial charge in [-0.15, -0.1) is 0 Å². The molecule has 2 aliphatic heterocycles. The predicted octanol–water partition coefficient (Wildman–Crippen LogP) is 2.78. The third kappa shape index (κ3) is 4.50. The lowest BCUT2D eigenvalue weighted by Crippen LogP contribution is -2.47. The topological polar surface area (TPSA) is 40.2 Å². The van der Waals surface area contributed by atoms with Crippen LogP contribution in [0.4, 0.5) is 0 Å². The first-order valence-electron chi connectivity index (χ1n) is 10.0. The minimum absolute atomic E-state index is 0.115. The van der Waals surface area contributed by atoms with E-state index < -0.39 is 0 Å². The Balaban J connectivity index is 1.61. The second-order valence-corrected chi connectivity index (χ2v) is 9.00. The first-order valence-corrected chi connectivity index (χ1v) is 10.0. The van der Waals surface area contributed by atoms with Crippen LogP contribution >= 0.6 is 0 Å². The average molecular weight is 375 g/mol. The molecular weight excluding hydrogens is 341 g/mol. The molecule has 1 aromatic rings. The highest BCUT2D eigenvalue weighted by molar-refractivity contribution is 6.62. The molecule has 5 nitrogen and oxygen atoms in total. The average Bonchev–Trinajstić information content (AvgIpc) is 2.80.